The molecule has 10 heteroatoms. The van der Waals surface area contributed by atoms with Crippen LogP contribution in [0.4, 0.5) is 11.4 Å². The molecular weight excluding hydrogens is 470 g/mol. The van der Waals surface area contributed by atoms with Gasteiger partial charge in [0.2, 0.25) is 22.7 Å². The van der Waals surface area contributed by atoms with Gasteiger partial charge in [0.05, 0.1) is 29.2 Å². The van der Waals surface area contributed by atoms with Crippen LogP contribution in [-0.2, 0) is 14.8 Å². The van der Waals surface area contributed by atoms with E-state index in [1.807, 2.05) is 37.3 Å². The van der Waals surface area contributed by atoms with E-state index in [-0.39, 0.29) is 35.7 Å². The first kappa shape index (κ1) is 24.1. The maximum absolute atomic E-state index is 12.9. The standard InChI is InChI=1S/C25H25N3O6S/c1-17(18-8-4-3-5-9-18)26-25(30)20-10-6-7-11-21(20)27-24(29)15-28(35(2,31)32)19-12-13-22-23(14-19)34-16-33-22/h3-14,17H,15-16H2,1-2H3,(H,26,30)(H,27,29)/t17-/m1/s1. The Kier molecular flexibility index (Phi) is 6.92. The summed E-state index contributed by atoms with van der Waals surface area (Å²) in [6, 6.07) is 20.4. The SMILES string of the molecule is C[C@@H](NC(=O)c1ccccc1NC(=O)CN(c1ccc2c(c1)OCO2)S(C)(=O)=O)c1ccccc1. The van der Waals surface area contributed by atoms with E-state index in [9.17, 15) is 18.0 Å². The molecule has 35 heavy (non-hydrogen) atoms. The minimum Gasteiger partial charge on any atom is -0.454 e. The molecule has 0 spiro atoms. The Morgan fingerprint density at radius 2 is 1.66 bits per heavy atom. The maximum atomic E-state index is 12.9. The lowest BCUT2D eigenvalue weighted by Crippen LogP contribution is -2.37. The number of nitrogens with zero attached hydrogens (tertiary/aromatic N) is 1. The highest BCUT2D eigenvalue weighted by Crippen LogP contribution is 2.36. The highest BCUT2D eigenvalue weighted by atomic mass is 32.2. The number of fused-ring (bicyclic) bond motifs is 1. The Bertz CT molecular complexity index is 1340. The Morgan fingerprint density at radius 1 is 0.971 bits per heavy atom. The van der Waals surface area contributed by atoms with E-state index in [0.29, 0.717) is 11.5 Å². The van der Waals surface area contributed by atoms with E-state index in [0.717, 1.165) is 16.1 Å². The number of nitrogens with one attached hydrogen (secondary N) is 2. The fourth-order valence-electron chi connectivity index (χ4n) is 3.65. The third-order valence-corrected chi connectivity index (χ3v) is 6.57. The van der Waals surface area contributed by atoms with Crippen molar-refractivity contribution < 1.29 is 27.5 Å². The van der Waals surface area contributed by atoms with Gasteiger partial charge in [-0.1, -0.05) is 42.5 Å². The average molecular weight is 496 g/mol. The lowest BCUT2D eigenvalue weighted by molar-refractivity contribution is -0.114. The summed E-state index contributed by atoms with van der Waals surface area (Å²) in [5, 5.41) is 5.59. The Balaban J connectivity index is 1.50. The molecular formula is C25H25N3O6S. The molecule has 0 unspecified atom stereocenters. The Hall–Kier alpha value is -4.05. The molecule has 0 aliphatic carbocycles. The Labute approximate surface area is 203 Å². The zero-order chi connectivity index (χ0) is 25.0. The number of anilines is 2. The molecule has 0 saturated carbocycles. The van der Waals surface area contributed by atoms with Crippen molar-refractivity contribution in [2.24, 2.45) is 0 Å². The van der Waals surface area contributed by atoms with E-state index >= 15 is 0 Å². The molecule has 1 atom stereocenters. The molecule has 2 amide bonds. The summed E-state index contributed by atoms with van der Waals surface area (Å²) in [5.74, 6) is -0.0834. The highest BCUT2D eigenvalue weighted by molar-refractivity contribution is 7.92. The zero-order valence-corrected chi connectivity index (χ0v) is 20.0. The van der Waals surface area contributed by atoms with Crippen molar-refractivity contribution in [3.05, 3.63) is 83.9 Å². The Morgan fingerprint density at radius 3 is 2.40 bits per heavy atom. The van der Waals surface area contributed by atoms with Gasteiger partial charge in [0.15, 0.2) is 11.5 Å². The van der Waals surface area contributed by atoms with Gasteiger partial charge >= 0.3 is 0 Å². The number of hydrogen-bond acceptors (Lipinski definition) is 6. The van der Waals surface area contributed by atoms with Crippen molar-refractivity contribution in [3.8, 4) is 11.5 Å². The van der Waals surface area contributed by atoms with E-state index in [2.05, 4.69) is 10.6 Å². The molecule has 9 nitrogen and oxygen atoms in total. The summed E-state index contributed by atoms with van der Waals surface area (Å²) in [6.45, 7) is 1.42. The smallest absolute Gasteiger partial charge is 0.253 e. The molecule has 4 rings (SSSR count). The maximum Gasteiger partial charge on any atom is 0.253 e. The summed E-state index contributed by atoms with van der Waals surface area (Å²) in [7, 11) is -3.80. The fraction of sp³-hybridized carbons (Fsp3) is 0.200. The number of para-hydroxylation sites is 1. The van der Waals surface area contributed by atoms with Crippen LogP contribution in [0.1, 0.15) is 28.9 Å². The van der Waals surface area contributed by atoms with Crippen molar-refractivity contribution >= 4 is 33.2 Å². The second-order valence-corrected chi connectivity index (χ2v) is 9.91. The van der Waals surface area contributed by atoms with Crippen LogP contribution in [0.5, 0.6) is 11.5 Å². The summed E-state index contributed by atoms with van der Waals surface area (Å²) >= 11 is 0. The molecule has 0 radical (unpaired) electrons. The first-order valence-corrected chi connectivity index (χ1v) is 12.7. The van der Waals surface area contributed by atoms with Crippen molar-refractivity contribution in [3.63, 3.8) is 0 Å². The molecule has 1 heterocycles. The van der Waals surface area contributed by atoms with Gasteiger partial charge in [0.1, 0.15) is 6.54 Å². The largest absolute Gasteiger partial charge is 0.454 e. The van der Waals surface area contributed by atoms with E-state index in [4.69, 9.17) is 9.47 Å². The minimum atomic E-state index is -3.80. The van der Waals surface area contributed by atoms with Gasteiger partial charge in [-0.3, -0.25) is 13.9 Å². The van der Waals surface area contributed by atoms with Crippen LogP contribution in [0.25, 0.3) is 0 Å². The van der Waals surface area contributed by atoms with Gasteiger partial charge in [-0.15, -0.1) is 0 Å². The monoisotopic (exact) mass is 495 g/mol. The van der Waals surface area contributed by atoms with Crippen LogP contribution in [0.3, 0.4) is 0 Å². The van der Waals surface area contributed by atoms with Gasteiger partial charge in [0.25, 0.3) is 5.91 Å². The van der Waals surface area contributed by atoms with Crippen LogP contribution in [0.15, 0.2) is 72.8 Å². The predicted octanol–water partition coefficient (Wildman–Crippen LogP) is 3.31. The van der Waals surface area contributed by atoms with Crippen LogP contribution >= 0.6 is 0 Å². The lowest BCUT2D eigenvalue weighted by Gasteiger charge is -2.22. The number of hydrogen-bond donors (Lipinski definition) is 2. The molecule has 2 N–H and O–H groups in total. The fourth-order valence-corrected chi connectivity index (χ4v) is 4.50. The van der Waals surface area contributed by atoms with Crippen LogP contribution in [0, 0.1) is 0 Å². The second kappa shape index (κ2) is 10.1. The molecule has 1 aliphatic rings. The first-order valence-electron chi connectivity index (χ1n) is 10.8. The number of sulfonamides is 1. The summed E-state index contributed by atoms with van der Waals surface area (Å²) < 4.78 is 36.5. The van der Waals surface area contributed by atoms with Crippen LogP contribution in [0.2, 0.25) is 0 Å². The van der Waals surface area contributed by atoms with E-state index in [1.54, 1.807) is 30.3 Å². The predicted molar refractivity (Wildman–Crippen MR) is 132 cm³/mol. The first-order chi connectivity index (χ1) is 16.7. The average Bonchev–Trinajstić information content (AvgIpc) is 3.30. The van der Waals surface area contributed by atoms with Crippen molar-refractivity contribution in [1.82, 2.24) is 5.32 Å². The highest BCUT2D eigenvalue weighted by Gasteiger charge is 2.25. The third-order valence-electron chi connectivity index (χ3n) is 5.42. The molecule has 1 aliphatic heterocycles. The molecule has 0 aromatic heterocycles. The van der Waals surface area contributed by atoms with Crippen molar-refractivity contribution in [2.45, 2.75) is 13.0 Å². The number of carbonyl (C=O) groups is 2. The van der Waals surface area contributed by atoms with Crippen LogP contribution < -0.4 is 24.4 Å². The topological polar surface area (TPSA) is 114 Å². The summed E-state index contributed by atoms with van der Waals surface area (Å²) in [6.07, 6.45) is 1.01. The summed E-state index contributed by atoms with van der Waals surface area (Å²) in [4.78, 5) is 25.8. The number of rotatable bonds is 8. The molecule has 3 aromatic carbocycles. The number of carbonyl (C=O) groups excluding carboxylic acids is 2. The van der Waals surface area contributed by atoms with Gasteiger partial charge in [-0.25, -0.2) is 8.42 Å². The van der Waals surface area contributed by atoms with Gasteiger partial charge < -0.3 is 20.1 Å². The third kappa shape index (κ3) is 5.72. The van der Waals surface area contributed by atoms with Gasteiger partial charge in [0, 0.05) is 6.07 Å². The molecule has 182 valence electrons. The van der Waals surface area contributed by atoms with Gasteiger partial charge in [-0.05, 0) is 36.8 Å². The number of ether oxygens (including phenoxy) is 2. The molecule has 0 fully saturated rings. The van der Waals surface area contributed by atoms with Crippen LogP contribution in [-0.4, -0.2) is 39.8 Å². The molecule has 0 bridgehead atoms. The van der Waals surface area contributed by atoms with Crippen molar-refractivity contribution in [2.75, 3.05) is 29.2 Å². The number of benzene rings is 3. The van der Waals surface area contributed by atoms with E-state index < -0.39 is 22.5 Å². The lowest BCUT2D eigenvalue weighted by atomic mass is 10.1. The van der Waals surface area contributed by atoms with Gasteiger partial charge in [-0.2, -0.15) is 0 Å². The van der Waals surface area contributed by atoms with Crippen molar-refractivity contribution in [1.29, 1.82) is 0 Å². The number of amides is 2. The second-order valence-electron chi connectivity index (χ2n) is 8.01. The summed E-state index contributed by atoms with van der Waals surface area (Å²) in [5.41, 5.74) is 1.73. The molecule has 0 saturated heterocycles. The quantitative estimate of drug-likeness (QED) is 0.496. The minimum absolute atomic E-state index is 0.0416. The van der Waals surface area contributed by atoms with E-state index in [1.165, 1.54) is 12.1 Å². The zero-order valence-electron chi connectivity index (χ0n) is 19.2. The molecule has 3 aromatic rings. The normalized spacial score (nSPS) is 13.1.